The molecular formula is C20H25N5O. The average molecular weight is 351 g/mol. The van der Waals surface area contributed by atoms with Gasteiger partial charge < -0.3 is 4.90 Å². The Morgan fingerprint density at radius 2 is 2.19 bits per heavy atom. The van der Waals surface area contributed by atoms with Crippen LogP contribution < -0.4 is 0 Å². The van der Waals surface area contributed by atoms with E-state index in [1.807, 2.05) is 29.6 Å². The number of hydrogen-bond acceptors (Lipinski definition) is 5. The van der Waals surface area contributed by atoms with Crippen molar-refractivity contribution in [1.82, 2.24) is 24.8 Å². The molecule has 6 heteroatoms. The first-order valence-electron chi connectivity index (χ1n) is 9.44. The Kier molecular flexibility index (Phi) is 4.93. The summed E-state index contributed by atoms with van der Waals surface area (Å²) >= 11 is 0. The Balaban J connectivity index is 1.54. The molecule has 6 nitrogen and oxygen atoms in total. The van der Waals surface area contributed by atoms with Gasteiger partial charge in [0, 0.05) is 57.1 Å². The van der Waals surface area contributed by atoms with Crippen LogP contribution in [0, 0.1) is 0 Å². The van der Waals surface area contributed by atoms with Crippen LogP contribution in [0.2, 0.25) is 0 Å². The molecule has 26 heavy (non-hydrogen) atoms. The molecular weight excluding hydrogens is 326 g/mol. The van der Waals surface area contributed by atoms with E-state index in [2.05, 4.69) is 16.0 Å². The van der Waals surface area contributed by atoms with E-state index in [-0.39, 0.29) is 11.9 Å². The molecule has 0 unspecified atom stereocenters. The number of pyridine rings is 1. The number of nitrogens with zero attached hydrogens (tertiary/aromatic N) is 5. The standard InChI is InChI=1S/C20H25N5O/c1-15(26)24-10-7-18-17(14-24)12-22-20(23-18)19-6-2-3-9-25(19)13-16-5-4-8-21-11-16/h4-5,8,11-12,19H,2-3,6-7,9-10,13-14H2,1H3/t19-/m1/s1. The lowest BCUT2D eigenvalue weighted by molar-refractivity contribution is -0.129. The highest BCUT2D eigenvalue weighted by atomic mass is 16.2. The first-order chi connectivity index (χ1) is 12.7. The number of carbonyl (C=O) groups is 1. The van der Waals surface area contributed by atoms with Gasteiger partial charge in [-0.2, -0.15) is 0 Å². The first kappa shape index (κ1) is 17.1. The van der Waals surface area contributed by atoms with Gasteiger partial charge in [0.05, 0.1) is 11.7 Å². The van der Waals surface area contributed by atoms with E-state index in [0.717, 1.165) is 49.6 Å². The number of fused-ring (bicyclic) bond motifs is 1. The molecule has 1 amide bonds. The van der Waals surface area contributed by atoms with Gasteiger partial charge in [-0.05, 0) is 31.0 Å². The van der Waals surface area contributed by atoms with Crippen molar-refractivity contribution < 1.29 is 4.79 Å². The third-order valence-electron chi connectivity index (χ3n) is 5.42. The van der Waals surface area contributed by atoms with Crippen molar-refractivity contribution >= 4 is 5.91 Å². The lowest BCUT2D eigenvalue weighted by atomic mass is 9.99. The van der Waals surface area contributed by atoms with Crippen molar-refractivity contribution in [3.63, 3.8) is 0 Å². The molecule has 0 saturated carbocycles. The fourth-order valence-corrected chi connectivity index (χ4v) is 3.96. The van der Waals surface area contributed by atoms with E-state index in [9.17, 15) is 4.79 Å². The van der Waals surface area contributed by atoms with Gasteiger partial charge in [0.2, 0.25) is 5.91 Å². The summed E-state index contributed by atoms with van der Waals surface area (Å²) in [6.07, 6.45) is 10.0. The molecule has 1 saturated heterocycles. The third-order valence-corrected chi connectivity index (χ3v) is 5.42. The van der Waals surface area contributed by atoms with Gasteiger partial charge >= 0.3 is 0 Å². The zero-order valence-corrected chi connectivity index (χ0v) is 15.3. The minimum absolute atomic E-state index is 0.120. The van der Waals surface area contributed by atoms with Gasteiger partial charge in [-0.3, -0.25) is 14.7 Å². The maximum absolute atomic E-state index is 11.6. The van der Waals surface area contributed by atoms with E-state index in [1.165, 1.54) is 18.4 Å². The fraction of sp³-hybridized carbons (Fsp3) is 0.500. The Bertz CT molecular complexity index is 779. The van der Waals surface area contributed by atoms with Gasteiger partial charge in [0.25, 0.3) is 0 Å². The summed E-state index contributed by atoms with van der Waals surface area (Å²) in [5.74, 6) is 1.05. The lowest BCUT2D eigenvalue weighted by Crippen LogP contribution is -2.36. The van der Waals surface area contributed by atoms with Gasteiger partial charge in [-0.25, -0.2) is 9.97 Å². The molecule has 1 fully saturated rings. The molecule has 4 rings (SSSR count). The van der Waals surface area contributed by atoms with Gasteiger partial charge in [0.15, 0.2) is 0 Å². The molecule has 1 atom stereocenters. The Morgan fingerprint density at radius 3 is 3.00 bits per heavy atom. The monoisotopic (exact) mass is 351 g/mol. The molecule has 0 aliphatic carbocycles. The van der Waals surface area contributed by atoms with Crippen LogP contribution >= 0.6 is 0 Å². The zero-order chi connectivity index (χ0) is 17.9. The van der Waals surface area contributed by atoms with Crippen molar-refractivity contribution in [2.45, 2.75) is 51.7 Å². The summed E-state index contributed by atoms with van der Waals surface area (Å²) in [7, 11) is 0. The van der Waals surface area contributed by atoms with Gasteiger partial charge in [0.1, 0.15) is 5.82 Å². The van der Waals surface area contributed by atoms with Gasteiger partial charge in [-0.1, -0.05) is 12.5 Å². The summed E-state index contributed by atoms with van der Waals surface area (Å²) < 4.78 is 0. The van der Waals surface area contributed by atoms with Gasteiger partial charge in [-0.15, -0.1) is 0 Å². The number of aromatic nitrogens is 3. The number of piperidine rings is 1. The van der Waals surface area contributed by atoms with Crippen molar-refractivity contribution in [2.75, 3.05) is 13.1 Å². The summed E-state index contributed by atoms with van der Waals surface area (Å²) in [5, 5.41) is 0. The molecule has 0 radical (unpaired) electrons. The van der Waals surface area contributed by atoms with Crippen LogP contribution in [0.15, 0.2) is 30.7 Å². The van der Waals surface area contributed by atoms with Crippen LogP contribution in [0.1, 0.15) is 54.9 Å². The largest absolute Gasteiger partial charge is 0.338 e. The Morgan fingerprint density at radius 1 is 1.27 bits per heavy atom. The van der Waals surface area contributed by atoms with E-state index >= 15 is 0 Å². The molecule has 0 spiro atoms. The Hall–Kier alpha value is -2.34. The summed E-state index contributed by atoms with van der Waals surface area (Å²) in [4.78, 5) is 29.8. The molecule has 2 aromatic rings. The second-order valence-electron chi connectivity index (χ2n) is 7.23. The van der Waals surface area contributed by atoms with Crippen molar-refractivity contribution in [3.05, 3.63) is 53.4 Å². The minimum Gasteiger partial charge on any atom is -0.338 e. The van der Waals surface area contributed by atoms with Crippen LogP contribution in [0.25, 0.3) is 0 Å². The molecule has 4 heterocycles. The van der Waals surface area contributed by atoms with Crippen LogP contribution in [-0.2, 0) is 24.3 Å². The van der Waals surface area contributed by atoms with Crippen LogP contribution in [0.4, 0.5) is 0 Å². The molecule has 0 N–H and O–H groups in total. The Labute approximate surface area is 154 Å². The zero-order valence-electron chi connectivity index (χ0n) is 15.3. The highest BCUT2D eigenvalue weighted by Crippen LogP contribution is 2.31. The van der Waals surface area contributed by atoms with Crippen LogP contribution in [-0.4, -0.2) is 43.7 Å². The van der Waals surface area contributed by atoms with Crippen molar-refractivity contribution in [2.24, 2.45) is 0 Å². The summed E-state index contributed by atoms with van der Waals surface area (Å²) in [6, 6.07) is 4.38. The lowest BCUT2D eigenvalue weighted by Gasteiger charge is -2.35. The topological polar surface area (TPSA) is 62.2 Å². The SMILES string of the molecule is CC(=O)N1CCc2nc([C@H]3CCCCN3Cc3cccnc3)ncc2C1. The molecule has 2 aliphatic rings. The number of carbonyl (C=O) groups excluding carboxylic acids is 1. The highest BCUT2D eigenvalue weighted by Gasteiger charge is 2.28. The number of hydrogen-bond donors (Lipinski definition) is 0. The molecule has 0 bridgehead atoms. The first-order valence-corrected chi connectivity index (χ1v) is 9.44. The van der Waals surface area contributed by atoms with E-state index < -0.39 is 0 Å². The summed E-state index contributed by atoms with van der Waals surface area (Å²) in [6.45, 7) is 4.96. The smallest absolute Gasteiger partial charge is 0.219 e. The molecule has 2 aromatic heterocycles. The second kappa shape index (κ2) is 7.50. The average Bonchev–Trinajstić information content (AvgIpc) is 2.68. The molecule has 0 aromatic carbocycles. The van der Waals surface area contributed by atoms with Crippen LogP contribution in [0.5, 0.6) is 0 Å². The minimum atomic E-state index is 0.120. The van der Waals surface area contributed by atoms with E-state index in [4.69, 9.17) is 9.97 Å². The molecule has 2 aliphatic heterocycles. The number of rotatable bonds is 3. The maximum Gasteiger partial charge on any atom is 0.219 e. The summed E-state index contributed by atoms with van der Waals surface area (Å²) in [5.41, 5.74) is 3.43. The second-order valence-corrected chi connectivity index (χ2v) is 7.23. The number of amides is 1. The van der Waals surface area contributed by atoms with Crippen molar-refractivity contribution in [3.8, 4) is 0 Å². The predicted octanol–water partition coefficient (Wildman–Crippen LogP) is 2.50. The van der Waals surface area contributed by atoms with Crippen molar-refractivity contribution in [1.29, 1.82) is 0 Å². The normalized spacial score (nSPS) is 20.7. The molecule has 136 valence electrons. The third kappa shape index (κ3) is 3.60. The number of likely N-dealkylation sites (tertiary alicyclic amines) is 1. The maximum atomic E-state index is 11.6. The van der Waals surface area contributed by atoms with Crippen LogP contribution in [0.3, 0.4) is 0 Å². The van der Waals surface area contributed by atoms with E-state index in [0.29, 0.717) is 6.54 Å². The quantitative estimate of drug-likeness (QED) is 0.850. The fourth-order valence-electron chi connectivity index (χ4n) is 3.96. The predicted molar refractivity (Wildman–Crippen MR) is 98.1 cm³/mol. The highest BCUT2D eigenvalue weighted by molar-refractivity contribution is 5.73. The van der Waals surface area contributed by atoms with E-state index in [1.54, 1.807) is 6.92 Å².